The van der Waals surface area contributed by atoms with Crippen LogP contribution in [0.1, 0.15) is 37.0 Å². The van der Waals surface area contributed by atoms with E-state index in [0.717, 1.165) is 24.3 Å². The van der Waals surface area contributed by atoms with Gasteiger partial charge in [-0.1, -0.05) is 25.5 Å². The molecule has 156 valence electrons. The highest BCUT2D eigenvalue weighted by Gasteiger charge is 2.13. The maximum Gasteiger partial charge on any atom is 0.261 e. The second kappa shape index (κ2) is 12.7. The zero-order chi connectivity index (χ0) is 20.9. The normalized spacial score (nSPS) is 10.3. The van der Waals surface area contributed by atoms with Crippen molar-refractivity contribution >= 4 is 28.9 Å². The van der Waals surface area contributed by atoms with E-state index >= 15 is 0 Å². The Kier molecular flexibility index (Phi) is 9.95. The van der Waals surface area contributed by atoms with Crippen molar-refractivity contribution in [3.05, 3.63) is 54.1 Å². The fourth-order valence-corrected chi connectivity index (χ4v) is 2.65. The third-order valence-electron chi connectivity index (χ3n) is 3.93. The largest absolute Gasteiger partial charge is 0.494 e. The van der Waals surface area contributed by atoms with E-state index in [1.807, 2.05) is 37.3 Å². The Labute approximate surface area is 177 Å². The number of hydrogen-bond acceptors (Lipinski definition) is 5. The van der Waals surface area contributed by atoms with Gasteiger partial charge in [0.2, 0.25) is 0 Å². The summed E-state index contributed by atoms with van der Waals surface area (Å²) in [6, 6.07) is 14.5. The summed E-state index contributed by atoms with van der Waals surface area (Å²) in [5.74, 6) is 0.951. The number of carbonyl (C=O) groups excluding carboxylic acids is 1. The SMILES string of the molecule is CCCCOc1ccc(NC(=S)NC(=O)c2ccccc2OCCOCC)cc1. The van der Waals surface area contributed by atoms with E-state index in [-0.39, 0.29) is 11.0 Å². The van der Waals surface area contributed by atoms with Crippen molar-refractivity contribution in [2.45, 2.75) is 26.7 Å². The van der Waals surface area contributed by atoms with Crippen LogP contribution < -0.4 is 20.1 Å². The van der Waals surface area contributed by atoms with Crippen molar-refractivity contribution < 1.29 is 19.0 Å². The summed E-state index contributed by atoms with van der Waals surface area (Å²) in [6.07, 6.45) is 2.11. The number of unbranched alkanes of at least 4 members (excludes halogenated alkanes) is 1. The van der Waals surface area contributed by atoms with Crippen molar-refractivity contribution in [1.82, 2.24) is 5.32 Å². The maximum atomic E-state index is 12.6. The van der Waals surface area contributed by atoms with Gasteiger partial charge in [-0.2, -0.15) is 0 Å². The van der Waals surface area contributed by atoms with Crippen LogP contribution in [-0.2, 0) is 4.74 Å². The molecule has 2 aromatic rings. The third kappa shape index (κ3) is 8.09. The monoisotopic (exact) mass is 416 g/mol. The standard InChI is InChI=1S/C22H28N2O4S/c1-3-5-14-27-18-12-10-17(11-13-18)23-22(29)24-21(25)19-8-6-7-9-20(19)28-16-15-26-4-2/h6-13H,3-5,14-16H2,1-2H3,(H2,23,24,25,29). The first-order valence-corrected chi connectivity index (χ1v) is 10.2. The van der Waals surface area contributed by atoms with E-state index in [9.17, 15) is 4.79 Å². The Hall–Kier alpha value is -2.64. The van der Waals surface area contributed by atoms with E-state index in [1.165, 1.54) is 0 Å². The molecule has 0 saturated carbocycles. The summed E-state index contributed by atoms with van der Waals surface area (Å²) in [6.45, 7) is 6.19. The van der Waals surface area contributed by atoms with Gasteiger partial charge in [-0.15, -0.1) is 0 Å². The van der Waals surface area contributed by atoms with E-state index in [0.29, 0.717) is 37.7 Å². The predicted octanol–water partition coefficient (Wildman–Crippen LogP) is 4.41. The van der Waals surface area contributed by atoms with Crippen LogP contribution in [0.5, 0.6) is 11.5 Å². The average Bonchev–Trinajstić information content (AvgIpc) is 2.73. The van der Waals surface area contributed by atoms with E-state index in [1.54, 1.807) is 18.2 Å². The van der Waals surface area contributed by atoms with Crippen LogP contribution in [0.4, 0.5) is 5.69 Å². The number of amides is 1. The van der Waals surface area contributed by atoms with E-state index < -0.39 is 0 Å². The number of thiocarbonyl (C=S) groups is 1. The number of benzene rings is 2. The van der Waals surface area contributed by atoms with Gasteiger partial charge in [-0.3, -0.25) is 10.1 Å². The third-order valence-corrected chi connectivity index (χ3v) is 4.13. The molecule has 0 bridgehead atoms. The topological polar surface area (TPSA) is 68.8 Å². The van der Waals surface area contributed by atoms with Crippen LogP contribution in [-0.4, -0.2) is 37.4 Å². The number of carbonyl (C=O) groups is 1. The molecule has 0 fully saturated rings. The van der Waals surface area contributed by atoms with Gasteiger partial charge in [-0.25, -0.2) is 0 Å². The maximum absolute atomic E-state index is 12.6. The molecule has 0 saturated heterocycles. The predicted molar refractivity (Wildman–Crippen MR) is 119 cm³/mol. The Balaban J connectivity index is 1.88. The molecule has 7 heteroatoms. The van der Waals surface area contributed by atoms with Crippen molar-refractivity contribution in [3.63, 3.8) is 0 Å². The molecule has 0 unspecified atom stereocenters. The first-order chi connectivity index (χ1) is 14.1. The molecule has 0 spiro atoms. The highest BCUT2D eigenvalue weighted by atomic mass is 32.1. The Morgan fingerprint density at radius 3 is 2.45 bits per heavy atom. The molecule has 0 atom stereocenters. The second-order valence-corrected chi connectivity index (χ2v) is 6.58. The first kappa shape index (κ1) is 22.6. The highest BCUT2D eigenvalue weighted by Crippen LogP contribution is 2.18. The zero-order valence-corrected chi connectivity index (χ0v) is 17.7. The molecule has 0 aliphatic heterocycles. The number of anilines is 1. The number of hydrogen-bond donors (Lipinski definition) is 2. The molecule has 0 heterocycles. The summed E-state index contributed by atoms with van der Waals surface area (Å²) in [5, 5.41) is 5.89. The van der Waals surface area contributed by atoms with Gasteiger partial charge in [0.25, 0.3) is 5.91 Å². The Bertz CT molecular complexity index is 781. The molecule has 0 aliphatic rings. The Morgan fingerprint density at radius 2 is 1.72 bits per heavy atom. The van der Waals surface area contributed by atoms with Crippen molar-refractivity contribution in [2.75, 3.05) is 31.7 Å². The van der Waals surface area contributed by atoms with Crippen LogP contribution in [0.2, 0.25) is 0 Å². The molecule has 6 nitrogen and oxygen atoms in total. The lowest BCUT2D eigenvalue weighted by Crippen LogP contribution is -2.34. The van der Waals surface area contributed by atoms with Gasteiger partial charge in [0.05, 0.1) is 18.8 Å². The van der Waals surface area contributed by atoms with E-state index in [4.69, 9.17) is 26.4 Å². The molecular weight excluding hydrogens is 388 g/mol. The lowest BCUT2D eigenvalue weighted by molar-refractivity contribution is 0.0958. The quantitative estimate of drug-likeness (QED) is 0.418. The zero-order valence-electron chi connectivity index (χ0n) is 16.9. The molecule has 0 aliphatic carbocycles. The molecule has 0 radical (unpaired) electrons. The molecule has 2 N–H and O–H groups in total. The fraction of sp³-hybridized carbons (Fsp3) is 0.364. The van der Waals surface area contributed by atoms with Crippen LogP contribution in [0, 0.1) is 0 Å². The minimum Gasteiger partial charge on any atom is -0.494 e. The van der Waals surface area contributed by atoms with Crippen LogP contribution in [0.15, 0.2) is 48.5 Å². The number of rotatable bonds is 11. The average molecular weight is 417 g/mol. The number of ether oxygens (including phenoxy) is 3. The van der Waals surface area contributed by atoms with Crippen LogP contribution in [0.3, 0.4) is 0 Å². The number of para-hydroxylation sites is 1. The minimum absolute atomic E-state index is 0.207. The summed E-state index contributed by atoms with van der Waals surface area (Å²) in [4.78, 5) is 12.6. The lowest BCUT2D eigenvalue weighted by Gasteiger charge is -2.13. The van der Waals surface area contributed by atoms with Gasteiger partial charge >= 0.3 is 0 Å². The summed E-state index contributed by atoms with van der Waals surface area (Å²) in [5.41, 5.74) is 1.17. The van der Waals surface area contributed by atoms with Gasteiger partial charge in [0.1, 0.15) is 18.1 Å². The minimum atomic E-state index is -0.339. The highest BCUT2D eigenvalue weighted by molar-refractivity contribution is 7.80. The summed E-state index contributed by atoms with van der Waals surface area (Å²) in [7, 11) is 0. The smallest absolute Gasteiger partial charge is 0.261 e. The Morgan fingerprint density at radius 1 is 0.966 bits per heavy atom. The first-order valence-electron chi connectivity index (χ1n) is 9.78. The van der Waals surface area contributed by atoms with Crippen molar-refractivity contribution in [3.8, 4) is 11.5 Å². The lowest BCUT2D eigenvalue weighted by atomic mass is 10.2. The molecule has 0 aromatic heterocycles. The molecule has 2 rings (SSSR count). The second-order valence-electron chi connectivity index (χ2n) is 6.18. The van der Waals surface area contributed by atoms with Crippen molar-refractivity contribution in [2.24, 2.45) is 0 Å². The van der Waals surface area contributed by atoms with Crippen LogP contribution in [0.25, 0.3) is 0 Å². The molecule has 1 amide bonds. The van der Waals surface area contributed by atoms with Gasteiger partial charge in [-0.05, 0) is 62.0 Å². The van der Waals surface area contributed by atoms with Crippen LogP contribution >= 0.6 is 12.2 Å². The molecule has 2 aromatic carbocycles. The molecular formula is C22H28N2O4S. The van der Waals surface area contributed by atoms with Gasteiger partial charge in [0.15, 0.2) is 5.11 Å². The van der Waals surface area contributed by atoms with E-state index in [2.05, 4.69) is 17.6 Å². The fourth-order valence-electron chi connectivity index (χ4n) is 2.44. The number of nitrogens with one attached hydrogen (secondary N) is 2. The van der Waals surface area contributed by atoms with Gasteiger partial charge < -0.3 is 19.5 Å². The van der Waals surface area contributed by atoms with Gasteiger partial charge in [0, 0.05) is 12.3 Å². The summed E-state index contributed by atoms with van der Waals surface area (Å²) < 4.78 is 16.5. The van der Waals surface area contributed by atoms with Crippen molar-refractivity contribution in [1.29, 1.82) is 0 Å². The summed E-state index contributed by atoms with van der Waals surface area (Å²) >= 11 is 5.26. The molecule has 29 heavy (non-hydrogen) atoms.